The zero-order valence-electron chi connectivity index (χ0n) is 7.88. The van der Waals surface area contributed by atoms with Gasteiger partial charge in [-0.05, 0) is 19.4 Å². The zero-order chi connectivity index (χ0) is 9.15. The van der Waals surface area contributed by atoms with Gasteiger partial charge in [0.05, 0.1) is 19.1 Å². The van der Waals surface area contributed by atoms with E-state index in [4.69, 9.17) is 9.15 Å². The first-order valence-electron chi connectivity index (χ1n) is 4.62. The highest BCUT2D eigenvalue weighted by atomic mass is 16.5. The second kappa shape index (κ2) is 3.52. The number of ether oxygens (including phenoxy) is 1. The normalized spacial score (nSPS) is 28.1. The van der Waals surface area contributed by atoms with Gasteiger partial charge in [0.2, 0.25) is 0 Å². The molecule has 0 saturated carbocycles. The fraction of sp³-hybridized carbons (Fsp3) is 0.600. The molecule has 1 aromatic rings. The summed E-state index contributed by atoms with van der Waals surface area (Å²) in [5.41, 5.74) is 1.34. The minimum Gasteiger partial charge on any atom is -0.472 e. The van der Waals surface area contributed by atoms with Gasteiger partial charge < -0.3 is 14.5 Å². The van der Waals surface area contributed by atoms with Crippen molar-refractivity contribution in [3.63, 3.8) is 0 Å². The van der Waals surface area contributed by atoms with Gasteiger partial charge in [-0.15, -0.1) is 0 Å². The molecule has 3 nitrogen and oxygen atoms in total. The fourth-order valence-corrected chi connectivity index (χ4v) is 1.52. The van der Waals surface area contributed by atoms with Crippen molar-refractivity contribution >= 4 is 0 Å². The molecule has 0 amide bonds. The molecule has 1 aliphatic rings. The Morgan fingerprint density at radius 2 is 2.54 bits per heavy atom. The van der Waals surface area contributed by atoms with Crippen molar-refractivity contribution < 1.29 is 9.15 Å². The molecule has 1 unspecified atom stereocenters. The summed E-state index contributed by atoms with van der Waals surface area (Å²) in [5.74, 6) is 0. The molecule has 0 aliphatic carbocycles. The van der Waals surface area contributed by atoms with Gasteiger partial charge in [0.1, 0.15) is 0 Å². The van der Waals surface area contributed by atoms with Crippen LogP contribution in [0.2, 0.25) is 0 Å². The minimum absolute atomic E-state index is 0.150. The Morgan fingerprint density at radius 3 is 3.15 bits per heavy atom. The van der Waals surface area contributed by atoms with Gasteiger partial charge in [0.25, 0.3) is 0 Å². The highest BCUT2D eigenvalue weighted by molar-refractivity contribution is 5.05. The van der Waals surface area contributed by atoms with E-state index in [9.17, 15) is 0 Å². The topological polar surface area (TPSA) is 34.4 Å². The second-order valence-corrected chi connectivity index (χ2v) is 3.85. The number of hydrogen-bond donors (Lipinski definition) is 1. The number of hydrogen-bond acceptors (Lipinski definition) is 3. The van der Waals surface area contributed by atoms with Crippen LogP contribution in [0.15, 0.2) is 23.0 Å². The quantitative estimate of drug-likeness (QED) is 0.768. The van der Waals surface area contributed by atoms with Crippen LogP contribution in [0.1, 0.15) is 18.9 Å². The van der Waals surface area contributed by atoms with Crippen molar-refractivity contribution in [3.05, 3.63) is 24.2 Å². The van der Waals surface area contributed by atoms with E-state index in [-0.39, 0.29) is 5.54 Å². The van der Waals surface area contributed by atoms with Crippen LogP contribution in [-0.2, 0) is 11.3 Å². The second-order valence-electron chi connectivity index (χ2n) is 3.85. The predicted molar refractivity (Wildman–Crippen MR) is 49.4 cm³/mol. The molecular formula is C10H15NO2. The molecule has 1 atom stereocenters. The Labute approximate surface area is 78.1 Å². The third kappa shape index (κ3) is 2.11. The first kappa shape index (κ1) is 8.78. The van der Waals surface area contributed by atoms with Gasteiger partial charge >= 0.3 is 0 Å². The van der Waals surface area contributed by atoms with Gasteiger partial charge in [-0.1, -0.05) is 0 Å². The standard InChI is InChI=1S/C10H15NO2/c1-10(3-5-13-8-10)11-6-9-2-4-12-7-9/h2,4,7,11H,3,5-6,8H2,1H3. The van der Waals surface area contributed by atoms with Crippen LogP contribution in [-0.4, -0.2) is 18.8 Å². The van der Waals surface area contributed by atoms with Crippen LogP contribution in [0.3, 0.4) is 0 Å². The third-order valence-corrected chi connectivity index (χ3v) is 2.52. The first-order valence-corrected chi connectivity index (χ1v) is 4.62. The molecule has 0 radical (unpaired) electrons. The molecule has 3 heteroatoms. The summed E-state index contributed by atoms with van der Waals surface area (Å²) in [4.78, 5) is 0. The maximum atomic E-state index is 5.34. The molecular weight excluding hydrogens is 166 g/mol. The largest absolute Gasteiger partial charge is 0.472 e. The van der Waals surface area contributed by atoms with Crippen LogP contribution >= 0.6 is 0 Å². The van der Waals surface area contributed by atoms with Crippen molar-refractivity contribution in [2.75, 3.05) is 13.2 Å². The first-order chi connectivity index (χ1) is 6.29. The van der Waals surface area contributed by atoms with E-state index in [1.807, 2.05) is 6.07 Å². The fourth-order valence-electron chi connectivity index (χ4n) is 1.52. The third-order valence-electron chi connectivity index (χ3n) is 2.52. The molecule has 0 aromatic carbocycles. The number of nitrogens with one attached hydrogen (secondary N) is 1. The number of rotatable bonds is 3. The lowest BCUT2D eigenvalue weighted by Crippen LogP contribution is -2.42. The Hall–Kier alpha value is -0.800. The maximum Gasteiger partial charge on any atom is 0.0947 e. The smallest absolute Gasteiger partial charge is 0.0947 e. The van der Waals surface area contributed by atoms with Crippen LogP contribution in [0.5, 0.6) is 0 Å². The van der Waals surface area contributed by atoms with Crippen molar-refractivity contribution in [3.8, 4) is 0 Å². The molecule has 1 aliphatic heterocycles. The van der Waals surface area contributed by atoms with Crippen molar-refractivity contribution in [2.24, 2.45) is 0 Å². The summed E-state index contributed by atoms with van der Waals surface area (Å²) in [6, 6.07) is 1.98. The Bertz CT molecular complexity index is 250. The summed E-state index contributed by atoms with van der Waals surface area (Å²) in [6.45, 7) is 4.73. The van der Waals surface area contributed by atoms with Gasteiger partial charge in [0, 0.05) is 24.3 Å². The van der Waals surface area contributed by atoms with Gasteiger partial charge in [0.15, 0.2) is 0 Å². The average molecular weight is 181 g/mol. The van der Waals surface area contributed by atoms with E-state index in [0.717, 1.165) is 26.2 Å². The van der Waals surface area contributed by atoms with E-state index in [1.54, 1.807) is 12.5 Å². The van der Waals surface area contributed by atoms with Crippen LogP contribution in [0.4, 0.5) is 0 Å². The Morgan fingerprint density at radius 1 is 1.62 bits per heavy atom. The molecule has 1 fully saturated rings. The van der Waals surface area contributed by atoms with E-state index >= 15 is 0 Å². The summed E-state index contributed by atoms with van der Waals surface area (Å²) >= 11 is 0. The van der Waals surface area contributed by atoms with Crippen molar-refractivity contribution in [1.29, 1.82) is 0 Å². The molecule has 2 rings (SSSR count). The summed E-state index contributed by atoms with van der Waals surface area (Å²) in [7, 11) is 0. The monoisotopic (exact) mass is 181 g/mol. The lowest BCUT2D eigenvalue weighted by Gasteiger charge is -2.22. The summed E-state index contributed by atoms with van der Waals surface area (Å²) in [5, 5.41) is 3.48. The van der Waals surface area contributed by atoms with E-state index < -0.39 is 0 Å². The molecule has 1 N–H and O–H groups in total. The molecule has 2 heterocycles. The highest BCUT2D eigenvalue weighted by Gasteiger charge is 2.28. The summed E-state index contributed by atoms with van der Waals surface area (Å²) in [6.07, 6.45) is 4.56. The van der Waals surface area contributed by atoms with Crippen molar-refractivity contribution in [2.45, 2.75) is 25.4 Å². The molecule has 0 spiro atoms. The molecule has 72 valence electrons. The van der Waals surface area contributed by atoms with E-state index in [2.05, 4.69) is 12.2 Å². The van der Waals surface area contributed by atoms with E-state index in [1.165, 1.54) is 5.56 Å². The molecule has 1 aromatic heterocycles. The molecule has 13 heavy (non-hydrogen) atoms. The van der Waals surface area contributed by atoms with Crippen LogP contribution in [0, 0.1) is 0 Å². The SMILES string of the molecule is CC1(NCc2ccoc2)CCOC1. The highest BCUT2D eigenvalue weighted by Crippen LogP contribution is 2.18. The number of furan rings is 1. The lowest BCUT2D eigenvalue weighted by molar-refractivity contribution is 0.171. The summed E-state index contributed by atoms with van der Waals surface area (Å²) < 4.78 is 10.3. The zero-order valence-corrected chi connectivity index (χ0v) is 7.88. The van der Waals surface area contributed by atoms with E-state index in [0.29, 0.717) is 0 Å². The molecule has 1 saturated heterocycles. The van der Waals surface area contributed by atoms with Gasteiger partial charge in [-0.25, -0.2) is 0 Å². The Kier molecular flexibility index (Phi) is 2.38. The van der Waals surface area contributed by atoms with Gasteiger partial charge in [-0.3, -0.25) is 0 Å². The minimum atomic E-state index is 0.150. The average Bonchev–Trinajstić information content (AvgIpc) is 2.72. The maximum absolute atomic E-state index is 5.34. The van der Waals surface area contributed by atoms with Crippen LogP contribution < -0.4 is 5.32 Å². The molecule has 0 bridgehead atoms. The predicted octanol–water partition coefficient (Wildman–Crippen LogP) is 1.55. The van der Waals surface area contributed by atoms with Crippen LogP contribution in [0.25, 0.3) is 0 Å². The van der Waals surface area contributed by atoms with Crippen molar-refractivity contribution in [1.82, 2.24) is 5.32 Å². The Balaban J connectivity index is 1.85. The lowest BCUT2D eigenvalue weighted by atomic mass is 10.0. The van der Waals surface area contributed by atoms with Gasteiger partial charge in [-0.2, -0.15) is 0 Å².